The van der Waals surface area contributed by atoms with E-state index < -0.39 is 12.6 Å². The summed E-state index contributed by atoms with van der Waals surface area (Å²) in [7, 11) is 1.41. The number of rotatable bonds is 3. The van der Waals surface area contributed by atoms with Gasteiger partial charge in [0.1, 0.15) is 0 Å². The molecule has 1 amide bonds. The first-order valence-corrected chi connectivity index (χ1v) is 5.37. The fourth-order valence-corrected chi connectivity index (χ4v) is 1.96. The normalized spacial score (nSPS) is 25.8. The SMILES string of the molecule is CN(CCC(F)(F)F)C(=O)C1CCC(N)C1. The van der Waals surface area contributed by atoms with E-state index in [1.54, 1.807) is 0 Å². The fraction of sp³-hybridized carbons (Fsp3) is 0.900. The second kappa shape index (κ2) is 5.03. The van der Waals surface area contributed by atoms with Crippen LogP contribution in [0.3, 0.4) is 0 Å². The monoisotopic (exact) mass is 238 g/mol. The molecule has 1 aliphatic carbocycles. The highest BCUT2D eigenvalue weighted by Gasteiger charge is 2.32. The minimum atomic E-state index is -4.21. The molecule has 0 aromatic rings. The van der Waals surface area contributed by atoms with E-state index >= 15 is 0 Å². The van der Waals surface area contributed by atoms with Gasteiger partial charge >= 0.3 is 6.18 Å². The van der Waals surface area contributed by atoms with Crippen molar-refractivity contribution >= 4 is 5.91 Å². The van der Waals surface area contributed by atoms with E-state index in [1.165, 1.54) is 7.05 Å². The Labute approximate surface area is 92.8 Å². The smallest absolute Gasteiger partial charge is 0.345 e. The Hall–Kier alpha value is -0.780. The Bertz CT molecular complexity index is 255. The van der Waals surface area contributed by atoms with Crippen molar-refractivity contribution in [3.8, 4) is 0 Å². The van der Waals surface area contributed by atoms with Gasteiger partial charge in [0.05, 0.1) is 6.42 Å². The number of carbonyl (C=O) groups is 1. The summed E-state index contributed by atoms with van der Waals surface area (Å²) in [5.74, 6) is -0.398. The van der Waals surface area contributed by atoms with Crippen LogP contribution in [0.2, 0.25) is 0 Å². The maximum Gasteiger partial charge on any atom is 0.390 e. The molecular formula is C10H17F3N2O. The largest absolute Gasteiger partial charge is 0.390 e. The predicted octanol–water partition coefficient (Wildman–Crippen LogP) is 1.52. The summed E-state index contributed by atoms with van der Waals surface area (Å²) in [5, 5.41) is 0. The van der Waals surface area contributed by atoms with Crippen LogP contribution in [0.1, 0.15) is 25.7 Å². The summed E-state index contributed by atoms with van der Waals surface area (Å²) >= 11 is 0. The number of amides is 1. The summed E-state index contributed by atoms with van der Waals surface area (Å²) in [6.07, 6.45) is -3.09. The minimum absolute atomic E-state index is 0.0185. The molecule has 1 saturated carbocycles. The molecule has 0 saturated heterocycles. The molecule has 3 nitrogen and oxygen atoms in total. The topological polar surface area (TPSA) is 46.3 Å². The molecule has 94 valence electrons. The molecule has 2 atom stereocenters. The number of nitrogens with two attached hydrogens (primary N) is 1. The zero-order valence-electron chi connectivity index (χ0n) is 9.26. The molecule has 2 unspecified atom stereocenters. The van der Waals surface area contributed by atoms with E-state index in [0.717, 1.165) is 11.3 Å². The number of hydrogen-bond acceptors (Lipinski definition) is 2. The second-order valence-electron chi connectivity index (χ2n) is 4.40. The van der Waals surface area contributed by atoms with Crippen molar-refractivity contribution < 1.29 is 18.0 Å². The average Bonchev–Trinajstić information content (AvgIpc) is 2.59. The molecule has 0 spiro atoms. The van der Waals surface area contributed by atoms with E-state index in [0.29, 0.717) is 12.8 Å². The van der Waals surface area contributed by atoms with Gasteiger partial charge in [-0.15, -0.1) is 0 Å². The fourth-order valence-electron chi connectivity index (χ4n) is 1.96. The van der Waals surface area contributed by atoms with Crippen LogP contribution in [0, 0.1) is 5.92 Å². The van der Waals surface area contributed by atoms with Crippen LogP contribution >= 0.6 is 0 Å². The zero-order chi connectivity index (χ0) is 12.3. The van der Waals surface area contributed by atoms with Gasteiger partial charge in [0.25, 0.3) is 0 Å². The first-order chi connectivity index (χ1) is 7.29. The molecule has 1 fully saturated rings. The van der Waals surface area contributed by atoms with Crippen molar-refractivity contribution in [3.63, 3.8) is 0 Å². The van der Waals surface area contributed by atoms with Gasteiger partial charge in [0.2, 0.25) is 5.91 Å². The summed E-state index contributed by atoms with van der Waals surface area (Å²) in [6, 6.07) is 0.0185. The van der Waals surface area contributed by atoms with Gasteiger partial charge in [-0.05, 0) is 19.3 Å². The molecule has 0 aromatic carbocycles. The van der Waals surface area contributed by atoms with Gasteiger partial charge in [0, 0.05) is 25.6 Å². The quantitative estimate of drug-likeness (QED) is 0.810. The van der Waals surface area contributed by atoms with Crippen molar-refractivity contribution in [3.05, 3.63) is 0 Å². The third-order valence-corrected chi connectivity index (χ3v) is 2.93. The van der Waals surface area contributed by atoms with E-state index in [1.807, 2.05) is 0 Å². The third-order valence-electron chi connectivity index (χ3n) is 2.93. The maximum absolute atomic E-state index is 12.0. The molecule has 2 N–H and O–H groups in total. The van der Waals surface area contributed by atoms with Gasteiger partial charge < -0.3 is 10.6 Å². The lowest BCUT2D eigenvalue weighted by Crippen LogP contribution is -2.35. The Balaban J connectivity index is 2.36. The zero-order valence-corrected chi connectivity index (χ0v) is 9.26. The molecule has 0 aliphatic heterocycles. The van der Waals surface area contributed by atoms with E-state index in [2.05, 4.69) is 0 Å². The van der Waals surface area contributed by atoms with Crippen LogP contribution in [-0.4, -0.2) is 36.6 Å². The standard InChI is InChI=1S/C10H17F3N2O/c1-15(5-4-10(11,12)13)9(16)7-2-3-8(14)6-7/h7-8H,2-6,14H2,1H3. The van der Waals surface area contributed by atoms with Crippen molar-refractivity contribution in [2.75, 3.05) is 13.6 Å². The Morgan fingerprint density at radius 1 is 1.44 bits per heavy atom. The van der Waals surface area contributed by atoms with Crippen molar-refractivity contribution in [2.24, 2.45) is 11.7 Å². The van der Waals surface area contributed by atoms with Crippen LogP contribution in [0.4, 0.5) is 13.2 Å². The summed E-state index contributed by atoms with van der Waals surface area (Å²) in [5.41, 5.74) is 5.66. The number of alkyl halides is 3. The number of hydrogen-bond donors (Lipinski definition) is 1. The van der Waals surface area contributed by atoms with E-state index in [4.69, 9.17) is 5.73 Å². The molecule has 0 aromatic heterocycles. The first kappa shape index (κ1) is 13.3. The lowest BCUT2D eigenvalue weighted by atomic mass is 10.1. The van der Waals surface area contributed by atoms with Gasteiger partial charge in [-0.25, -0.2) is 0 Å². The highest BCUT2D eigenvalue weighted by Crippen LogP contribution is 2.26. The molecule has 0 bridgehead atoms. The van der Waals surface area contributed by atoms with Crippen molar-refractivity contribution in [1.29, 1.82) is 0 Å². The Kier molecular flexibility index (Phi) is 4.18. The van der Waals surface area contributed by atoms with Crippen LogP contribution in [-0.2, 0) is 4.79 Å². The highest BCUT2D eigenvalue weighted by atomic mass is 19.4. The van der Waals surface area contributed by atoms with Gasteiger partial charge in [-0.2, -0.15) is 13.2 Å². The molecular weight excluding hydrogens is 221 g/mol. The average molecular weight is 238 g/mol. The second-order valence-corrected chi connectivity index (χ2v) is 4.40. The Morgan fingerprint density at radius 2 is 2.06 bits per heavy atom. The van der Waals surface area contributed by atoms with Crippen molar-refractivity contribution in [2.45, 2.75) is 37.9 Å². The molecule has 0 radical (unpaired) electrons. The van der Waals surface area contributed by atoms with Crippen LogP contribution < -0.4 is 5.73 Å². The molecule has 1 rings (SSSR count). The van der Waals surface area contributed by atoms with E-state index in [-0.39, 0.29) is 24.4 Å². The number of nitrogens with zero attached hydrogens (tertiary/aromatic N) is 1. The predicted molar refractivity (Wildman–Crippen MR) is 53.6 cm³/mol. The van der Waals surface area contributed by atoms with Gasteiger partial charge in [-0.1, -0.05) is 0 Å². The van der Waals surface area contributed by atoms with Crippen molar-refractivity contribution in [1.82, 2.24) is 4.90 Å². The summed E-state index contributed by atoms with van der Waals surface area (Å²) < 4.78 is 35.9. The number of halogens is 3. The Morgan fingerprint density at radius 3 is 2.50 bits per heavy atom. The van der Waals surface area contributed by atoms with Crippen LogP contribution in [0.25, 0.3) is 0 Å². The molecule has 1 aliphatic rings. The summed E-state index contributed by atoms with van der Waals surface area (Å²) in [6.45, 7) is -0.270. The lowest BCUT2D eigenvalue weighted by Gasteiger charge is -2.21. The van der Waals surface area contributed by atoms with Crippen LogP contribution in [0.5, 0.6) is 0 Å². The van der Waals surface area contributed by atoms with Gasteiger partial charge in [0.15, 0.2) is 0 Å². The maximum atomic E-state index is 12.0. The molecule has 16 heavy (non-hydrogen) atoms. The first-order valence-electron chi connectivity index (χ1n) is 5.37. The minimum Gasteiger partial charge on any atom is -0.345 e. The molecule has 6 heteroatoms. The van der Waals surface area contributed by atoms with Gasteiger partial charge in [-0.3, -0.25) is 4.79 Å². The molecule has 0 heterocycles. The number of carbonyl (C=O) groups excluding carboxylic acids is 1. The summed E-state index contributed by atoms with van der Waals surface area (Å²) in [4.78, 5) is 12.9. The highest BCUT2D eigenvalue weighted by molar-refractivity contribution is 5.78. The van der Waals surface area contributed by atoms with Crippen LogP contribution in [0.15, 0.2) is 0 Å². The van der Waals surface area contributed by atoms with E-state index in [9.17, 15) is 18.0 Å². The third kappa shape index (κ3) is 4.00. The lowest BCUT2D eigenvalue weighted by molar-refractivity contribution is -0.146.